The van der Waals surface area contributed by atoms with Crippen LogP contribution in [0.4, 0.5) is 0 Å². The number of nitrogens with zero attached hydrogens (tertiary/aromatic N) is 1. The van der Waals surface area contributed by atoms with E-state index in [-0.39, 0.29) is 5.54 Å². The van der Waals surface area contributed by atoms with Gasteiger partial charge in [-0.15, -0.1) is 11.3 Å². The van der Waals surface area contributed by atoms with Gasteiger partial charge in [0, 0.05) is 19.0 Å². The molecule has 4 heteroatoms. The maximum Gasteiger partial charge on any atom is 0.113 e. The first-order valence-corrected chi connectivity index (χ1v) is 7.67. The summed E-state index contributed by atoms with van der Waals surface area (Å²) in [4.78, 5) is 4.82. The van der Waals surface area contributed by atoms with Gasteiger partial charge in [-0.2, -0.15) is 0 Å². The molecular formula is C14H26N2OS. The summed E-state index contributed by atoms with van der Waals surface area (Å²) in [6.07, 6.45) is 2.11. The number of methoxy groups -OCH3 is 1. The molecule has 1 rings (SSSR count). The van der Waals surface area contributed by atoms with Gasteiger partial charge in [0.15, 0.2) is 0 Å². The largest absolute Gasteiger partial charge is 0.383 e. The van der Waals surface area contributed by atoms with Crippen molar-refractivity contribution in [3.63, 3.8) is 0 Å². The molecule has 0 aliphatic carbocycles. The van der Waals surface area contributed by atoms with Crippen molar-refractivity contribution >= 4 is 11.3 Å². The molecule has 104 valence electrons. The van der Waals surface area contributed by atoms with E-state index in [2.05, 4.69) is 38.4 Å². The van der Waals surface area contributed by atoms with E-state index in [4.69, 9.17) is 9.72 Å². The first-order valence-electron chi connectivity index (χ1n) is 6.79. The Morgan fingerprint density at radius 2 is 2.06 bits per heavy atom. The number of aromatic nitrogens is 1. The zero-order chi connectivity index (χ0) is 13.6. The third-order valence-corrected chi connectivity index (χ3v) is 4.56. The monoisotopic (exact) mass is 270 g/mol. The highest BCUT2D eigenvalue weighted by atomic mass is 32.1. The molecule has 0 aliphatic rings. The van der Waals surface area contributed by atoms with Crippen LogP contribution in [0.5, 0.6) is 0 Å². The summed E-state index contributed by atoms with van der Waals surface area (Å²) >= 11 is 1.78. The lowest BCUT2D eigenvalue weighted by Crippen LogP contribution is -2.43. The van der Waals surface area contributed by atoms with Gasteiger partial charge in [0.25, 0.3) is 0 Å². The van der Waals surface area contributed by atoms with E-state index in [1.54, 1.807) is 18.4 Å². The number of hydrogen-bond acceptors (Lipinski definition) is 4. The third kappa shape index (κ3) is 3.53. The third-order valence-electron chi connectivity index (χ3n) is 3.50. The predicted octanol–water partition coefficient (Wildman–Crippen LogP) is 3.52. The van der Waals surface area contributed by atoms with Crippen molar-refractivity contribution < 1.29 is 4.74 Å². The summed E-state index contributed by atoms with van der Waals surface area (Å²) in [5, 5.41) is 7.03. The van der Waals surface area contributed by atoms with Crippen molar-refractivity contribution in [3.8, 4) is 0 Å². The molecule has 0 aromatic carbocycles. The van der Waals surface area contributed by atoms with Crippen LogP contribution in [-0.4, -0.2) is 25.2 Å². The maximum atomic E-state index is 5.13. The SMILES string of the molecule is CCC(CC)(NCCOC)c1nc(C(C)C)cs1. The second-order valence-electron chi connectivity index (χ2n) is 4.94. The molecule has 0 unspecified atom stereocenters. The lowest BCUT2D eigenvalue weighted by Gasteiger charge is -2.31. The van der Waals surface area contributed by atoms with Gasteiger partial charge in [-0.25, -0.2) is 4.98 Å². The van der Waals surface area contributed by atoms with Gasteiger partial charge in [0.2, 0.25) is 0 Å². The number of ether oxygens (including phenoxy) is 1. The maximum absolute atomic E-state index is 5.13. The molecule has 3 nitrogen and oxygen atoms in total. The van der Waals surface area contributed by atoms with Crippen LogP contribution in [0.2, 0.25) is 0 Å². The normalized spacial score (nSPS) is 12.3. The molecule has 0 saturated heterocycles. The van der Waals surface area contributed by atoms with Crippen LogP contribution < -0.4 is 5.32 Å². The Bertz CT molecular complexity index is 345. The second-order valence-corrected chi connectivity index (χ2v) is 5.80. The van der Waals surface area contributed by atoms with Crippen molar-refractivity contribution in [3.05, 3.63) is 16.1 Å². The molecule has 1 heterocycles. The Morgan fingerprint density at radius 3 is 2.50 bits per heavy atom. The zero-order valence-electron chi connectivity index (χ0n) is 12.2. The number of thiazole rings is 1. The highest BCUT2D eigenvalue weighted by Gasteiger charge is 2.31. The minimum absolute atomic E-state index is 0.0103. The molecule has 0 radical (unpaired) electrons. The molecular weight excluding hydrogens is 244 g/mol. The smallest absolute Gasteiger partial charge is 0.113 e. The number of nitrogens with one attached hydrogen (secondary N) is 1. The lowest BCUT2D eigenvalue weighted by atomic mass is 9.93. The van der Waals surface area contributed by atoms with E-state index in [0.717, 1.165) is 26.0 Å². The van der Waals surface area contributed by atoms with E-state index in [1.807, 2.05) is 0 Å². The molecule has 0 amide bonds. The van der Waals surface area contributed by atoms with Gasteiger partial charge in [-0.05, 0) is 18.8 Å². The Morgan fingerprint density at radius 1 is 1.39 bits per heavy atom. The first-order chi connectivity index (χ1) is 8.59. The Kier molecular flexibility index (Phi) is 6.26. The van der Waals surface area contributed by atoms with Gasteiger partial charge in [0.05, 0.1) is 17.8 Å². The van der Waals surface area contributed by atoms with Crippen LogP contribution in [0.15, 0.2) is 5.38 Å². The molecule has 1 N–H and O–H groups in total. The van der Waals surface area contributed by atoms with Crippen LogP contribution in [-0.2, 0) is 10.3 Å². The summed E-state index contributed by atoms with van der Waals surface area (Å²) in [5.74, 6) is 0.500. The fourth-order valence-electron chi connectivity index (χ4n) is 2.04. The van der Waals surface area contributed by atoms with Gasteiger partial charge in [-0.1, -0.05) is 27.7 Å². The van der Waals surface area contributed by atoms with Crippen molar-refractivity contribution in [1.29, 1.82) is 0 Å². The van der Waals surface area contributed by atoms with Crippen LogP contribution in [0.25, 0.3) is 0 Å². The molecule has 1 aromatic rings. The van der Waals surface area contributed by atoms with E-state index in [9.17, 15) is 0 Å². The van der Waals surface area contributed by atoms with E-state index in [1.165, 1.54) is 10.7 Å². The molecule has 0 fully saturated rings. The van der Waals surface area contributed by atoms with E-state index in [0.29, 0.717) is 5.92 Å². The Balaban J connectivity index is 2.87. The van der Waals surface area contributed by atoms with Gasteiger partial charge >= 0.3 is 0 Å². The van der Waals surface area contributed by atoms with Crippen molar-refractivity contribution in [2.45, 2.75) is 52.0 Å². The lowest BCUT2D eigenvalue weighted by molar-refractivity contribution is 0.180. The molecule has 0 atom stereocenters. The zero-order valence-corrected chi connectivity index (χ0v) is 13.1. The predicted molar refractivity (Wildman–Crippen MR) is 78.3 cm³/mol. The molecule has 18 heavy (non-hydrogen) atoms. The Labute approximate surface area is 115 Å². The van der Waals surface area contributed by atoms with Gasteiger partial charge < -0.3 is 10.1 Å². The van der Waals surface area contributed by atoms with Crippen LogP contribution in [0.3, 0.4) is 0 Å². The molecule has 0 saturated carbocycles. The molecule has 0 aliphatic heterocycles. The van der Waals surface area contributed by atoms with Crippen LogP contribution in [0, 0.1) is 0 Å². The minimum atomic E-state index is 0.0103. The highest BCUT2D eigenvalue weighted by Crippen LogP contribution is 2.32. The number of hydrogen-bond donors (Lipinski definition) is 1. The summed E-state index contributed by atoms with van der Waals surface area (Å²) < 4.78 is 5.13. The van der Waals surface area contributed by atoms with Crippen molar-refractivity contribution in [2.75, 3.05) is 20.3 Å². The van der Waals surface area contributed by atoms with Gasteiger partial charge in [-0.3, -0.25) is 0 Å². The van der Waals surface area contributed by atoms with E-state index >= 15 is 0 Å². The standard InChI is InChI=1S/C14H26N2OS/c1-6-14(7-2,15-8-9-17-5)13-16-12(10-18-13)11(3)4/h10-11,15H,6-9H2,1-5H3. The molecule has 1 aromatic heterocycles. The summed E-state index contributed by atoms with van der Waals surface area (Å²) in [6, 6.07) is 0. The van der Waals surface area contributed by atoms with Crippen molar-refractivity contribution in [2.24, 2.45) is 0 Å². The first kappa shape index (κ1) is 15.6. The summed E-state index contributed by atoms with van der Waals surface area (Å²) in [5.41, 5.74) is 1.21. The van der Waals surface area contributed by atoms with Crippen molar-refractivity contribution in [1.82, 2.24) is 10.3 Å². The quantitative estimate of drug-likeness (QED) is 0.734. The fourth-order valence-corrected chi connectivity index (χ4v) is 3.34. The molecule has 0 bridgehead atoms. The highest BCUT2D eigenvalue weighted by molar-refractivity contribution is 7.09. The summed E-state index contributed by atoms with van der Waals surface area (Å²) in [6.45, 7) is 10.4. The second kappa shape index (κ2) is 7.22. The van der Waals surface area contributed by atoms with Crippen LogP contribution in [0.1, 0.15) is 57.2 Å². The molecule has 0 spiro atoms. The van der Waals surface area contributed by atoms with Crippen LogP contribution >= 0.6 is 11.3 Å². The average Bonchev–Trinajstić information content (AvgIpc) is 2.85. The fraction of sp³-hybridized carbons (Fsp3) is 0.786. The Hall–Kier alpha value is -0.450. The topological polar surface area (TPSA) is 34.1 Å². The minimum Gasteiger partial charge on any atom is -0.383 e. The van der Waals surface area contributed by atoms with E-state index < -0.39 is 0 Å². The number of rotatable bonds is 8. The van der Waals surface area contributed by atoms with Gasteiger partial charge in [0.1, 0.15) is 5.01 Å². The average molecular weight is 270 g/mol. The summed E-state index contributed by atoms with van der Waals surface area (Å²) in [7, 11) is 1.74.